The molecule has 34 heavy (non-hydrogen) atoms. The number of amides is 1. The van der Waals surface area contributed by atoms with Crippen molar-refractivity contribution < 1.29 is 14.7 Å². The Hall–Kier alpha value is -4.17. The fourth-order valence-corrected chi connectivity index (χ4v) is 4.44. The average Bonchev–Trinajstić information content (AvgIpc) is 2.85. The number of aliphatic carboxylic acids is 1. The standard InChI is InChI=1S/C26H22N4O3S/c31-25(32)16-23(19-5-4-13-27-17-19)34-22-7-3-6-21(15-22)30-26(33)18-9-11-20(12-10-18)29-24-8-1-2-14-28-24/h1-15,17,23H,16H2,(H,28,29)(H,30,33)(H,31,32). The summed E-state index contributed by atoms with van der Waals surface area (Å²) in [5.74, 6) is -0.394. The molecule has 7 nitrogen and oxygen atoms in total. The van der Waals surface area contributed by atoms with Crippen molar-refractivity contribution in [1.29, 1.82) is 0 Å². The smallest absolute Gasteiger partial charge is 0.304 e. The summed E-state index contributed by atoms with van der Waals surface area (Å²) in [6, 6.07) is 23.7. The summed E-state index contributed by atoms with van der Waals surface area (Å²) in [4.78, 5) is 33.3. The lowest BCUT2D eigenvalue weighted by Gasteiger charge is -2.15. The third-order valence-electron chi connectivity index (χ3n) is 4.87. The van der Waals surface area contributed by atoms with Crippen LogP contribution in [0.1, 0.15) is 27.6 Å². The zero-order chi connectivity index (χ0) is 23.8. The molecule has 0 fully saturated rings. The van der Waals surface area contributed by atoms with Gasteiger partial charge in [-0.2, -0.15) is 0 Å². The molecule has 0 aliphatic carbocycles. The minimum absolute atomic E-state index is 0.0359. The predicted molar refractivity (Wildman–Crippen MR) is 133 cm³/mol. The number of aromatic nitrogens is 2. The summed E-state index contributed by atoms with van der Waals surface area (Å²) >= 11 is 1.42. The second-order valence-corrected chi connectivity index (χ2v) is 8.67. The zero-order valence-electron chi connectivity index (χ0n) is 18.1. The molecule has 2 heterocycles. The summed E-state index contributed by atoms with van der Waals surface area (Å²) in [7, 11) is 0. The minimum atomic E-state index is -0.883. The van der Waals surface area contributed by atoms with Gasteiger partial charge in [-0.15, -0.1) is 11.8 Å². The van der Waals surface area contributed by atoms with Crippen molar-refractivity contribution in [2.24, 2.45) is 0 Å². The maximum absolute atomic E-state index is 12.7. The van der Waals surface area contributed by atoms with Crippen molar-refractivity contribution in [2.75, 3.05) is 10.6 Å². The van der Waals surface area contributed by atoms with Crippen LogP contribution < -0.4 is 10.6 Å². The SMILES string of the molecule is O=C(O)CC(Sc1cccc(NC(=O)c2ccc(Nc3ccccn3)cc2)c1)c1cccnc1. The van der Waals surface area contributed by atoms with Gasteiger partial charge in [-0.1, -0.05) is 18.2 Å². The third kappa shape index (κ3) is 6.43. The van der Waals surface area contributed by atoms with Crippen LogP contribution in [0.3, 0.4) is 0 Å². The molecule has 4 rings (SSSR count). The fourth-order valence-electron chi connectivity index (χ4n) is 3.26. The maximum Gasteiger partial charge on any atom is 0.304 e. The molecule has 8 heteroatoms. The Morgan fingerprint density at radius 2 is 1.76 bits per heavy atom. The van der Waals surface area contributed by atoms with Gasteiger partial charge in [0.25, 0.3) is 5.91 Å². The molecule has 0 aliphatic heterocycles. The monoisotopic (exact) mass is 470 g/mol. The topological polar surface area (TPSA) is 104 Å². The zero-order valence-corrected chi connectivity index (χ0v) is 18.9. The number of anilines is 3. The number of carbonyl (C=O) groups is 2. The number of rotatable bonds is 9. The van der Waals surface area contributed by atoms with E-state index >= 15 is 0 Å². The highest BCUT2D eigenvalue weighted by atomic mass is 32.2. The Labute approximate surface area is 201 Å². The van der Waals surface area contributed by atoms with Gasteiger partial charge < -0.3 is 15.7 Å². The fraction of sp³-hybridized carbons (Fsp3) is 0.0769. The van der Waals surface area contributed by atoms with E-state index in [0.717, 1.165) is 22.0 Å². The largest absolute Gasteiger partial charge is 0.481 e. The maximum atomic E-state index is 12.7. The van der Waals surface area contributed by atoms with E-state index in [1.54, 1.807) is 42.9 Å². The Balaban J connectivity index is 1.42. The number of thioether (sulfide) groups is 1. The lowest BCUT2D eigenvalue weighted by molar-refractivity contribution is -0.137. The molecule has 0 spiro atoms. The number of carboxylic acid groups (broad SMARTS) is 1. The van der Waals surface area contributed by atoms with Crippen LogP contribution in [0.15, 0.2) is 102 Å². The first-order chi connectivity index (χ1) is 16.6. The van der Waals surface area contributed by atoms with Gasteiger partial charge in [0.05, 0.1) is 6.42 Å². The van der Waals surface area contributed by atoms with Gasteiger partial charge in [0, 0.05) is 45.7 Å². The van der Waals surface area contributed by atoms with Crippen LogP contribution in [0, 0.1) is 0 Å². The highest BCUT2D eigenvalue weighted by Crippen LogP contribution is 2.38. The van der Waals surface area contributed by atoms with Crippen LogP contribution in [0.25, 0.3) is 0 Å². The summed E-state index contributed by atoms with van der Waals surface area (Å²) in [6.07, 6.45) is 5.00. The van der Waals surface area contributed by atoms with Crippen molar-refractivity contribution in [2.45, 2.75) is 16.6 Å². The summed E-state index contributed by atoms with van der Waals surface area (Å²) in [5.41, 5.74) is 2.81. The molecule has 1 unspecified atom stereocenters. The van der Waals surface area contributed by atoms with Gasteiger partial charge in [0.15, 0.2) is 0 Å². The lowest BCUT2D eigenvalue weighted by atomic mass is 10.1. The first-order valence-corrected chi connectivity index (χ1v) is 11.4. The van der Waals surface area contributed by atoms with E-state index in [4.69, 9.17) is 0 Å². The van der Waals surface area contributed by atoms with Crippen LogP contribution in [0.5, 0.6) is 0 Å². The summed E-state index contributed by atoms with van der Waals surface area (Å²) in [6.45, 7) is 0. The van der Waals surface area contributed by atoms with Gasteiger partial charge in [-0.3, -0.25) is 14.6 Å². The lowest BCUT2D eigenvalue weighted by Crippen LogP contribution is -2.11. The van der Waals surface area contributed by atoms with Crippen molar-refractivity contribution in [1.82, 2.24) is 9.97 Å². The number of nitrogens with one attached hydrogen (secondary N) is 2. The minimum Gasteiger partial charge on any atom is -0.481 e. The van der Waals surface area contributed by atoms with E-state index in [9.17, 15) is 14.7 Å². The van der Waals surface area contributed by atoms with E-state index < -0.39 is 5.97 Å². The highest BCUT2D eigenvalue weighted by molar-refractivity contribution is 7.99. The van der Waals surface area contributed by atoms with Crippen LogP contribution in [0.4, 0.5) is 17.2 Å². The first kappa shape index (κ1) is 23.0. The summed E-state index contributed by atoms with van der Waals surface area (Å²) < 4.78 is 0. The third-order valence-corrected chi connectivity index (χ3v) is 6.12. The van der Waals surface area contributed by atoms with Gasteiger partial charge in [0.1, 0.15) is 5.82 Å². The van der Waals surface area contributed by atoms with E-state index in [-0.39, 0.29) is 17.6 Å². The highest BCUT2D eigenvalue weighted by Gasteiger charge is 2.18. The molecule has 4 aromatic rings. The van der Waals surface area contributed by atoms with Gasteiger partial charge >= 0.3 is 5.97 Å². The Kier molecular flexibility index (Phi) is 7.52. The second kappa shape index (κ2) is 11.1. The van der Waals surface area contributed by atoms with Crippen molar-refractivity contribution in [3.8, 4) is 0 Å². The number of benzene rings is 2. The number of carboxylic acids is 1. The Morgan fingerprint density at radius 1 is 0.912 bits per heavy atom. The molecular weight excluding hydrogens is 448 g/mol. The second-order valence-electron chi connectivity index (χ2n) is 7.39. The molecule has 2 aromatic heterocycles. The molecular formula is C26H22N4O3S. The molecule has 0 bridgehead atoms. The molecule has 1 atom stereocenters. The normalized spacial score (nSPS) is 11.4. The number of hydrogen-bond donors (Lipinski definition) is 3. The Morgan fingerprint density at radius 3 is 2.47 bits per heavy atom. The van der Waals surface area contributed by atoms with Crippen LogP contribution >= 0.6 is 11.8 Å². The number of nitrogens with zero attached hydrogens (tertiary/aromatic N) is 2. The molecule has 0 radical (unpaired) electrons. The van der Waals surface area contributed by atoms with E-state index in [1.165, 1.54) is 11.8 Å². The summed E-state index contributed by atoms with van der Waals surface area (Å²) in [5, 5.41) is 15.1. The average molecular weight is 471 g/mol. The van der Waals surface area contributed by atoms with Crippen LogP contribution in [-0.4, -0.2) is 27.0 Å². The number of carbonyl (C=O) groups excluding carboxylic acids is 1. The number of pyridine rings is 2. The van der Waals surface area contributed by atoms with Gasteiger partial charge in [-0.05, 0) is 66.2 Å². The molecule has 0 aliphatic rings. The van der Waals surface area contributed by atoms with E-state index in [1.807, 2.05) is 54.6 Å². The van der Waals surface area contributed by atoms with Crippen LogP contribution in [-0.2, 0) is 4.79 Å². The van der Waals surface area contributed by atoms with Gasteiger partial charge in [0.2, 0.25) is 0 Å². The molecule has 0 saturated carbocycles. The first-order valence-electron chi connectivity index (χ1n) is 10.5. The Bertz CT molecular complexity index is 1250. The van der Waals surface area contributed by atoms with E-state index in [0.29, 0.717) is 11.3 Å². The van der Waals surface area contributed by atoms with Crippen molar-refractivity contribution >= 4 is 40.8 Å². The molecule has 3 N–H and O–H groups in total. The van der Waals surface area contributed by atoms with Crippen LogP contribution in [0.2, 0.25) is 0 Å². The quantitative estimate of drug-likeness (QED) is 0.266. The molecule has 0 saturated heterocycles. The molecule has 2 aromatic carbocycles. The molecule has 1 amide bonds. The van der Waals surface area contributed by atoms with Gasteiger partial charge in [-0.25, -0.2) is 4.98 Å². The van der Waals surface area contributed by atoms with Crippen molar-refractivity contribution in [3.05, 3.63) is 109 Å². The number of hydrogen-bond acceptors (Lipinski definition) is 6. The van der Waals surface area contributed by atoms with E-state index in [2.05, 4.69) is 20.6 Å². The molecule has 170 valence electrons. The predicted octanol–water partition coefficient (Wildman–Crippen LogP) is 5.78. The van der Waals surface area contributed by atoms with Crippen molar-refractivity contribution in [3.63, 3.8) is 0 Å².